The summed E-state index contributed by atoms with van der Waals surface area (Å²) in [5, 5.41) is 12.2. The molecular formula is C23H26N2O5. The number of rotatable bonds is 6. The van der Waals surface area contributed by atoms with Gasteiger partial charge in [0.2, 0.25) is 0 Å². The van der Waals surface area contributed by atoms with Gasteiger partial charge in [0, 0.05) is 18.7 Å². The molecule has 7 nitrogen and oxygen atoms in total. The molecule has 2 aromatic carbocycles. The number of amides is 1. The molecule has 7 heteroatoms. The minimum Gasteiger partial charge on any atom is -0.478 e. The number of carbonyl (C=O) groups is 3. The van der Waals surface area contributed by atoms with E-state index in [1.165, 1.54) is 12.1 Å². The minimum absolute atomic E-state index is 0.0808. The Labute approximate surface area is 175 Å². The molecule has 1 atom stereocenters. The summed E-state index contributed by atoms with van der Waals surface area (Å²) < 4.78 is 5.17. The van der Waals surface area contributed by atoms with Crippen LogP contribution in [0.2, 0.25) is 0 Å². The van der Waals surface area contributed by atoms with Gasteiger partial charge in [0.05, 0.1) is 29.5 Å². The second-order valence-corrected chi connectivity index (χ2v) is 7.40. The first-order valence-electron chi connectivity index (χ1n) is 10.1. The van der Waals surface area contributed by atoms with Crippen molar-refractivity contribution in [3.8, 4) is 0 Å². The molecule has 158 valence electrons. The molecule has 0 spiro atoms. The lowest BCUT2D eigenvalue weighted by molar-refractivity contribution is -0.148. The molecule has 0 bridgehead atoms. The van der Waals surface area contributed by atoms with Crippen molar-refractivity contribution in [1.82, 2.24) is 0 Å². The van der Waals surface area contributed by atoms with Crippen molar-refractivity contribution in [2.75, 3.05) is 29.9 Å². The number of nitrogens with zero attached hydrogens (tertiary/aromatic N) is 1. The zero-order valence-corrected chi connectivity index (χ0v) is 17.2. The van der Waals surface area contributed by atoms with Crippen LogP contribution in [0.1, 0.15) is 46.0 Å². The zero-order chi connectivity index (χ0) is 21.7. The monoisotopic (exact) mass is 410 g/mol. The van der Waals surface area contributed by atoms with Gasteiger partial charge in [-0.1, -0.05) is 17.7 Å². The van der Waals surface area contributed by atoms with Gasteiger partial charge in [-0.3, -0.25) is 9.59 Å². The lowest BCUT2D eigenvalue weighted by Crippen LogP contribution is -2.39. The van der Waals surface area contributed by atoms with Gasteiger partial charge < -0.3 is 20.1 Å². The number of piperidine rings is 1. The van der Waals surface area contributed by atoms with E-state index in [9.17, 15) is 19.5 Å². The highest BCUT2D eigenvalue weighted by atomic mass is 16.5. The summed E-state index contributed by atoms with van der Waals surface area (Å²) in [5.41, 5.74) is 2.62. The van der Waals surface area contributed by atoms with Crippen LogP contribution in [-0.2, 0) is 9.53 Å². The number of carboxylic acid groups (broad SMARTS) is 1. The first-order chi connectivity index (χ1) is 14.4. The first-order valence-corrected chi connectivity index (χ1v) is 10.1. The molecule has 0 unspecified atom stereocenters. The van der Waals surface area contributed by atoms with Gasteiger partial charge >= 0.3 is 11.9 Å². The van der Waals surface area contributed by atoms with E-state index in [0.717, 1.165) is 18.4 Å². The van der Waals surface area contributed by atoms with Crippen molar-refractivity contribution in [3.63, 3.8) is 0 Å². The first kappa shape index (κ1) is 21.4. The summed E-state index contributed by atoms with van der Waals surface area (Å²) in [6.07, 6.45) is 1.54. The standard InChI is InChI=1S/C23H26N2O5/c1-3-30-23(29)18-8-5-11-25(14-18)20-10-9-17(22(27)28)13-19(20)24-21(26)16-7-4-6-15(2)12-16/h4,6-7,9-10,12-13,18H,3,5,8,11,14H2,1-2H3,(H,24,26)(H,27,28)/t18-/m0/s1. The van der Waals surface area contributed by atoms with Crippen LogP contribution in [0.15, 0.2) is 42.5 Å². The smallest absolute Gasteiger partial charge is 0.335 e. The number of benzene rings is 2. The number of hydrogen-bond acceptors (Lipinski definition) is 5. The quantitative estimate of drug-likeness (QED) is 0.705. The van der Waals surface area contributed by atoms with E-state index >= 15 is 0 Å². The molecular weight excluding hydrogens is 384 g/mol. The molecule has 1 aliphatic rings. The third-order valence-corrected chi connectivity index (χ3v) is 5.15. The van der Waals surface area contributed by atoms with Crippen LogP contribution < -0.4 is 10.2 Å². The Morgan fingerprint density at radius 1 is 1.17 bits per heavy atom. The van der Waals surface area contributed by atoms with Gasteiger partial charge in [-0.15, -0.1) is 0 Å². The molecule has 2 aromatic rings. The van der Waals surface area contributed by atoms with Crippen LogP contribution in [0.3, 0.4) is 0 Å². The van der Waals surface area contributed by atoms with Crippen molar-refractivity contribution in [2.45, 2.75) is 26.7 Å². The SMILES string of the molecule is CCOC(=O)[C@H]1CCCN(c2ccc(C(=O)O)cc2NC(=O)c2cccc(C)c2)C1. The molecule has 1 fully saturated rings. The van der Waals surface area contributed by atoms with Crippen molar-refractivity contribution in [2.24, 2.45) is 5.92 Å². The average Bonchev–Trinajstić information content (AvgIpc) is 2.74. The second kappa shape index (κ2) is 9.43. The van der Waals surface area contributed by atoms with Crippen LogP contribution in [-0.4, -0.2) is 42.6 Å². The topological polar surface area (TPSA) is 95.9 Å². The van der Waals surface area contributed by atoms with Gasteiger partial charge in [0.1, 0.15) is 0 Å². The summed E-state index contributed by atoms with van der Waals surface area (Å²) in [7, 11) is 0. The summed E-state index contributed by atoms with van der Waals surface area (Å²) in [6.45, 7) is 5.17. The number of aryl methyl sites for hydroxylation is 1. The van der Waals surface area contributed by atoms with Gasteiger partial charge in [-0.2, -0.15) is 0 Å². The summed E-state index contributed by atoms with van der Waals surface area (Å²) in [4.78, 5) is 38.5. The number of hydrogen-bond donors (Lipinski definition) is 2. The number of carboxylic acids is 1. The maximum Gasteiger partial charge on any atom is 0.335 e. The van der Waals surface area contributed by atoms with E-state index in [1.807, 2.05) is 17.9 Å². The van der Waals surface area contributed by atoms with Crippen molar-refractivity contribution in [3.05, 3.63) is 59.2 Å². The molecule has 3 rings (SSSR count). The molecule has 1 heterocycles. The Bertz CT molecular complexity index is 956. The fraction of sp³-hybridized carbons (Fsp3) is 0.348. The third-order valence-electron chi connectivity index (χ3n) is 5.15. The van der Waals surface area contributed by atoms with Gasteiger partial charge in [0.25, 0.3) is 5.91 Å². The highest BCUT2D eigenvalue weighted by Gasteiger charge is 2.28. The predicted molar refractivity (Wildman–Crippen MR) is 114 cm³/mol. The molecule has 1 amide bonds. The van der Waals surface area contributed by atoms with Crippen molar-refractivity contribution in [1.29, 1.82) is 0 Å². The summed E-state index contributed by atoms with van der Waals surface area (Å²) in [6, 6.07) is 11.8. The maximum absolute atomic E-state index is 12.8. The molecule has 0 aromatic heterocycles. The largest absolute Gasteiger partial charge is 0.478 e. The zero-order valence-electron chi connectivity index (χ0n) is 17.2. The number of nitrogens with one attached hydrogen (secondary N) is 1. The maximum atomic E-state index is 12.8. The van der Waals surface area contributed by atoms with Crippen LogP contribution in [0.25, 0.3) is 0 Å². The Kier molecular flexibility index (Phi) is 6.72. The number of carbonyl (C=O) groups excluding carboxylic acids is 2. The van der Waals surface area contributed by atoms with E-state index < -0.39 is 5.97 Å². The normalized spacial score (nSPS) is 16.1. The number of aromatic carboxylic acids is 1. The molecule has 0 aliphatic carbocycles. The van der Waals surface area contributed by atoms with Gasteiger partial charge in [-0.25, -0.2) is 4.79 Å². The highest BCUT2D eigenvalue weighted by molar-refractivity contribution is 6.07. The van der Waals surface area contributed by atoms with E-state index in [1.54, 1.807) is 31.2 Å². The lowest BCUT2D eigenvalue weighted by atomic mass is 9.97. The van der Waals surface area contributed by atoms with Gasteiger partial charge in [-0.05, 0) is 57.0 Å². The second-order valence-electron chi connectivity index (χ2n) is 7.40. The molecule has 0 radical (unpaired) electrons. The van der Waals surface area contributed by atoms with Crippen LogP contribution in [0.4, 0.5) is 11.4 Å². The molecule has 2 N–H and O–H groups in total. The fourth-order valence-corrected chi connectivity index (χ4v) is 3.67. The lowest BCUT2D eigenvalue weighted by Gasteiger charge is -2.34. The van der Waals surface area contributed by atoms with Crippen LogP contribution >= 0.6 is 0 Å². The number of anilines is 2. The van der Waals surface area contributed by atoms with E-state index in [-0.39, 0.29) is 23.4 Å². The highest BCUT2D eigenvalue weighted by Crippen LogP contribution is 2.32. The third kappa shape index (κ3) is 4.97. The van der Waals surface area contributed by atoms with Crippen molar-refractivity contribution >= 4 is 29.2 Å². The van der Waals surface area contributed by atoms with Crippen molar-refractivity contribution < 1.29 is 24.2 Å². The Morgan fingerprint density at radius 3 is 2.67 bits per heavy atom. The van der Waals surface area contributed by atoms with Crippen LogP contribution in [0, 0.1) is 12.8 Å². The van der Waals surface area contributed by atoms with E-state index in [0.29, 0.717) is 36.6 Å². The van der Waals surface area contributed by atoms with E-state index in [4.69, 9.17) is 4.74 Å². The Morgan fingerprint density at radius 2 is 1.97 bits per heavy atom. The molecule has 0 saturated carbocycles. The summed E-state index contributed by atoms with van der Waals surface area (Å²) in [5.74, 6) is -1.87. The Hall–Kier alpha value is -3.35. The van der Waals surface area contributed by atoms with E-state index in [2.05, 4.69) is 5.32 Å². The number of ether oxygens (including phenoxy) is 1. The molecule has 1 saturated heterocycles. The molecule has 30 heavy (non-hydrogen) atoms. The average molecular weight is 410 g/mol. The Balaban J connectivity index is 1.89. The molecule has 1 aliphatic heterocycles. The van der Waals surface area contributed by atoms with Gasteiger partial charge in [0.15, 0.2) is 0 Å². The predicted octanol–water partition coefficient (Wildman–Crippen LogP) is 3.73. The van der Waals surface area contributed by atoms with Crippen LogP contribution in [0.5, 0.6) is 0 Å². The minimum atomic E-state index is -1.07. The fourth-order valence-electron chi connectivity index (χ4n) is 3.67. The number of esters is 1. The summed E-state index contributed by atoms with van der Waals surface area (Å²) >= 11 is 0.